The number of nitrogens with zero attached hydrogens (tertiary/aromatic N) is 1. The van der Waals surface area contributed by atoms with Crippen LogP contribution < -0.4 is 5.32 Å². The molecule has 1 saturated heterocycles. The molecule has 0 spiro atoms. The highest BCUT2D eigenvalue weighted by Crippen LogP contribution is 2.14. The lowest BCUT2D eigenvalue weighted by Gasteiger charge is -2.25. The maximum Gasteiger partial charge on any atom is 0.00378 e. The molecule has 1 aromatic heterocycles. The first kappa shape index (κ1) is 12.7. The normalized spacial score (nSPS) is 20.9. The highest BCUT2D eigenvalue weighted by atomic mass is 15.1. The smallest absolute Gasteiger partial charge is 0.00378 e. The molecule has 0 bridgehead atoms. The van der Waals surface area contributed by atoms with Crippen LogP contribution in [0.25, 0.3) is 0 Å². The number of piperidine rings is 1. The molecule has 3 nitrogen and oxygen atoms in total. The molecule has 0 saturated carbocycles. The molecule has 1 atom stereocenters. The standard InChI is InChI=1S/C14H25N3/c1-17(10-6-14-4-8-16-12-14)9-5-13-3-2-7-15-11-13/h4,8,12-13,15-16H,2-3,5-7,9-11H2,1H3. The Morgan fingerprint density at radius 3 is 3.06 bits per heavy atom. The summed E-state index contributed by atoms with van der Waals surface area (Å²) in [6.45, 7) is 4.85. The van der Waals surface area contributed by atoms with Crippen LogP contribution in [-0.4, -0.2) is 43.1 Å². The second kappa shape index (κ2) is 6.82. The Hall–Kier alpha value is -0.800. The number of aromatic nitrogens is 1. The Balaban J connectivity index is 1.58. The first-order valence-electron chi connectivity index (χ1n) is 6.85. The molecule has 0 aliphatic carbocycles. The van der Waals surface area contributed by atoms with Crippen LogP contribution >= 0.6 is 0 Å². The van der Waals surface area contributed by atoms with Gasteiger partial charge in [-0.15, -0.1) is 0 Å². The number of aromatic amines is 1. The first-order valence-corrected chi connectivity index (χ1v) is 6.85. The van der Waals surface area contributed by atoms with E-state index in [9.17, 15) is 0 Å². The van der Waals surface area contributed by atoms with E-state index < -0.39 is 0 Å². The van der Waals surface area contributed by atoms with Gasteiger partial charge in [0, 0.05) is 18.9 Å². The van der Waals surface area contributed by atoms with E-state index >= 15 is 0 Å². The van der Waals surface area contributed by atoms with Gasteiger partial charge in [-0.3, -0.25) is 0 Å². The molecular weight excluding hydrogens is 210 g/mol. The van der Waals surface area contributed by atoms with E-state index in [2.05, 4.69) is 34.5 Å². The Morgan fingerprint density at radius 1 is 1.41 bits per heavy atom. The monoisotopic (exact) mass is 235 g/mol. The average molecular weight is 235 g/mol. The van der Waals surface area contributed by atoms with Gasteiger partial charge in [0.05, 0.1) is 0 Å². The van der Waals surface area contributed by atoms with Crippen molar-refractivity contribution < 1.29 is 0 Å². The zero-order chi connectivity index (χ0) is 11.9. The van der Waals surface area contributed by atoms with Crippen molar-refractivity contribution in [3.63, 3.8) is 0 Å². The van der Waals surface area contributed by atoms with Gasteiger partial charge >= 0.3 is 0 Å². The molecule has 0 amide bonds. The summed E-state index contributed by atoms with van der Waals surface area (Å²) in [4.78, 5) is 5.57. The minimum Gasteiger partial charge on any atom is -0.367 e. The van der Waals surface area contributed by atoms with E-state index in [1.54, 1.807) is 0 Å². The minimum atomic E-state index is 0.901. The fraction of sp³-hybridized carbons (Fsp3) is 0.714. The number of H-pyrrole nitrogens is 1. The van der Waals surface area contributed by atoms with Crippen molar-refractivity contribution in [1.29, 1.82) is 0 Å². The van der Waals surface area contributed by atoms with Gasteiger partial charge in [-0.2, -0.15) is 0 Å². The lowest BCUT2D eigenvalue weighted by Crippen LogP contribution is -2.32. The van der Waals surface area contributed by atoms with E-state index in [4.69, 9.17) is 0 Å². The van der Waals surface area contributed by atoms with Crippen molar-refractivity contribution in [2.24, 2.45) is 5.92 Å². The summed E-state index contributed by atoms with van der Waals surface area (Å²) in [6, 6.07) is 2.17. The molecule has 1 aliphatic heterocycles. The molecule has 96 valence electrons. The number of hydrogen-bond donors (Lipinski definition) is 2. The number of likely N-dealkylation sites (N-methyl/N-ethyl adjacent to an activating group) is 1. The predicted octanol–water partition coefficient (Wildman–Crippen LogP) is 1.88. The van der Waals surface area contributed by atoms with Crippen molar-refractivity contribution in [2.45, 2.75) is 25.7 Å². The largest absolute Gasteiger partial charge is 0.367 e. The van der Waals surface area contributed by atoms with Crippen molar-refractivity contribution in [3.05, 3.63) is 24.0 Å². The Morgan fingerprint density at radius 2 is 2.35 bits per heavy atom. The highest BCUT2D eigenvalue weighted by Gasteiger charge is 2.13. The van der Waals surface area contributed by atoms with Gasteiger partial charge in [-0.1, -0.05) is 0 Å². The quantitative estimate of drug-likeness (QED) is 0.789. The Bertz CT molecular complexity index is 288. The van der Waals surface area contributed by atoms with Crippen molar-refractivity contribution in [3.8, 4) is 0 Å². The van der Waals surface area contributed by atoms with E-state index in [0.29, 0.717) is 0 Å². The van der Waals surface area contributed by atoms with Gasteiger partial charge in [0.2, 0.25) is 0 Å². The second-order valence-electron chi connectivity index (χ2n) is 5.27. The summed E-state index contributed by atoms with van der Waals surface area (Å²) in [5.74, 6) is 0.901. The SMILES string of the molecule is CN(CCc1cc[nH]c1)CCC1CCCNC1. The van der Waals surface area contributed by atoms with Gasteiger partial charge in [0.25, 0.3) is 0 Å². The zero-order valence-corrected chi connectivity index (χ0v) is 10.9. The van der Waals surface area contributed by atoms with E-state index in [1.807, 2.05) is 6.20 Å². The zero-order valence-electron chi connectivity index (χ0n) is 10.9. The van der Waals surface area contributed by atoms with Crippen LogP contribution in [0.2, 0.25) is 0 Å². The Labute approximate surface area is 105 Å². The van der Waals surface area contributed by atoms with Crippen molar-refractivity contribution in [1.82, 2.24) is 15.2 Å². The fourth-order valence-electron chi connectivity index (χ4n) is 2.52. The first-order chi connectivity index (χ1) is 8.34. The van der Waals surface area contributed by atoms with Crippen LogP contribution in [0.3, 0.4) is 0 Å². The molecule has 0 radical (unpaired) electrons. The number of hydrogen-bond acceptors (Lipinski definition) is 2. The van der Waals surface area contributed by atoms with Gasteiger partial charge in [-0.05, 0) is 69.9 Å². The van der Waals surface area contributed by atoms with Crippen LogP contribution in [0, 0.1) is 5.92 Å². The fourth-order valence-corrected chi connectivity index (χ4v) is 2.52. The predicted molar refractivity (Wildman–Crippen MR) is 72.2 cm³/mol. The highest BCUT2D eigenvalue weighted by molar-refractivity contribution is 5.08. The minimum absolute atomic E-state index is 0.901. The van der Waals surface area contributed by atoms with Crippen LogP contribution in [0.15, 0.2) is 18.5 Å². The topological polar surface area (TPSA) is 31.1 Å². The third-order valence-corrected chi connectivity index (χ3v) is 3.76. The number of rotatable bonds is 6. The maximum atomic E-state index is 3.49. The van der Waals surface area contributed by atoms with Crippen molar-refractivity contribution in [2.75, 3.05) is 33.2 Å². The van der Waals surface area contributed by atoms with Crippen LogP contribution in [0.1, 0.15) is 24.8 Å². The molecule has 3 heteroatoms. The van der Waals surface area contributed by atoms with Gasteiger partial charge in [0.1, 0.15) is 0 Å². The molecule has 1 aromatic rings. The van der Waals surface area contributed by atoms with Crippen LogP contribution in [0.4, 0.5) is 0 Å². The molecule has 17 heavy (non-hydrogen) atoms. The molecule has 2 heterocycles. The number of nitrogens with one attached hydrogen (secondary N) is 2. The molecule has 1 aliphatic rings. The summed E-state index contributed by atoms with van der Waals surface area (Å²) < 4.78 is 0. The second-order valence-corrected chi connectivity index (χ2v) is 5.27. The maximum absolute atomic E-state index is 3.49. The lowest BCUT2D eigenvalue weighted by molar-refractivity contribution is 0.275. The third-order valence-electron chi connectivity index (χ3n) is 3.76. The summed E-state index contributed by atoms with van der Waals surface area (Å²) in [7, 11) is 2.24. The molecule has 0 aromatic carbocycles. The van der Waals surface area contributed by atoms with E-state index in [1.165, 1.54) is 44.5 Å². The molecular formula is C14H25N3. The van der Waals surface area contributed by atoms with Gasteiger partial charge in [-0.25, -0.2) is 0 Å². The van der Waals surface area contributed by atoms with Gasteiger partial charge < -0.3 is 15.2 Å². The molecule has 2 rings (SSSR count). The van der Waals surface area contributed by atoms with Gasteiger partial charge in [0.15, 0.2) is 0 Å². The van der Waals surface area contributed by atoms with Crippen LogP contribution in [0.5, 0.6) is 0 Å². The summed E-state index contributed by atoms with van der Waals surface area (Å²) in [5.41, 5.74) is 1.41. The third kappa shape index (κ3) is 4.52. The summed E-state index contributed by atoms with van der Waals surface area (Å²) >= 11 is 0. The molecule has 2 N–H and O–H groups in total. The van der Waals surface area contributed by atoms with E-state index in [0.717, 1.165) is 18.9 Å². The average Bonchev–Trinajstić information content (AvgIpc) is 2.88. The summed E-state index contributed by atoms with van der Waals surface area (Å²) in [5, 5.41) is 3.49. The van der Waals surface area contributed by atoms with E-state index in [-0.39, 0.29) is 0 Å². The lowest BCUT2D eigenvalue weighted by atomic mass is 9.96. The molecule has 1 fully saturated rings. The van der Waals surface area contributed by atoms with Crippen LogP contribution in [-0.2, 0) is 6.42 Å². The molecule has 1 unspecified atom stereocenters. The summed E-state index contributed by atoms with van der Waals surface area (Å²) in [6.07, 6.45) is 9.37. The van der Waals surface area contributed by atoms with Crippen molar-refractivity contribution >= 4 is 0 Å². The Kier molecular flexibility index (Phi) is 5.08.